The van der Waals surface area contributed by atoms with E-state index in [0.29, 0.717) is 13.0 Å². The zero-order valence-electron chi connectivity index (χ0n) is 10.5. The zero-order chi connectivity index (χ0) is 12.2. The third kappa shape index (κ3) is 5.44. The van der Waals surface area contributed by atoms with Crippen molar-refractivity contribution in [2.45, 2.75) is 51.6 Å². The summed E-state index contributed by atoms with van der Waals surface area (Å²) in [6, 6.07) is 0. The fourth-order valence-electron chi connectivity index (χ4n) is 1.74. The molecule has 0 aromatic heterocycles. The topological polar surface area (TPSA) is 44.8 Å². The molecular formula is C12H20O4S. The van der Waals surface area contributed by atoms with Crippen LogP contribution >= 0.6 is 13.5 Å². The highest BCUT2D eigenvalue weighted by atomic mass is 32.1. The summed E-state index contributed by atoms with van der Waals surface area (Å²) in [6.07, 6.45) is 5.54. The van der Waals surface area contributed by atoms with Crippen molar-refractivity contribution in [3.05, 3.63) is 0 Å². The van der Waals surface area contributed by atoms with Gasteiger partial charge in [-0.15, -0.1) is 6.42 Å². The predicted molar refractivity (Wildman–Crippen MR) is 68.9 cm³/mol. The number of terminal acetylenes is 1. The lowest BCUT2D eigenvalue weighted by molar-refractivity contribution is -0.288. The van der Waals surface area contributed by atoms with Crippen molar-refractivity contribution in [3.8, 4) is 12.3 Å². The Kier molecular flexibility index (Phi) is 6.61. The van der Waals surface area contributed by atoms with Crippen LogP contribution in [0, 0.1) is 12.3 Å². The summed E-state index contributed by atoms with van der Waals surface area (Å²) in [4.78, 5) is 11.3. The fraction of sp³-hybridized carbons (Fsp3) is 0.750. The average molecular weight is 260 g/mol. The maximum atomic E-state index is 11.3. The molecule has 0 bridgehead atoms. The van der Waals surface area contributed by atoms with Crippen molar-refractivity contribution in [1.82, 2.24) is 0 Å². The maximum absolute atomic E-state index is 11.3. The van der Waals surface area contributed by atoms with Gasteiger partial charge in [-0.1, -0.05) is 5.92 Å². The van der Waals surface area contributed by atoms with Crippen LogP contribution in [0.15, 0.2) is 0 Å². The Hall–Kier alpha value is -0.700. The van der Waals surface area contributed by atoms with Crippen molar-refractivity contribution in [3.63, 3.8) is 0 Å². The molecule has 0 aromatic carbocycles. The van der Waals surface area contributed by atoms with Gasteiger partial charge in [0, 0.05) is 6.42 Å². The average Bonchev–Trinajstić information content (AvgIpc) is 2.15. The van der Waals surface area contributed by atoms with Crippen molar-refractivity contribution < 1.29 is 19.0 Å². The molecule has 0 amide bonds. The van der Waals surface area contributed by atoms with Gasteiger partial charge in [0.15, 0.2) is 5.79 Å². The van der Waals surface area contributed by atoms with Crippen LogP contribution in [0.25, 0.3) is 0 Å². The van der Waals surface area contributed by atoms with Crippen LogP contribution in [0.3, 0.4) is 0 Å². The molecule has 0 radical (unpaired) electrons. The van der Waals surface area contributed by atoms with E-state index in [9.17, 15) is 4.79 Å². The van der Waals surface area contributed by atoms with E-state index in [2.05, 4.69) is 5.92 Å². The number of carbonyl (C=O) groups is 1. The summed E-state index contributed by atoms with van der Waals surface area (Å²) in [7, 11) is 0. The van der Waals surface area contributed by atoms with Gasteiger partial charge in [0.25, 0.3) is 0 Å². The number of ether oxygens (including phenoxy) is 3. The third-order valence-corrected chi connectivity index (χ3v) is 2.24. The van der Waals surface area contributed by atoms with Crippen LogP contribution in [0.2, 0.25) is 0 Å². The van der Waals surface area contributed by atoms with Crippen LogP contribution < -0.4 is 0 Å². The molecule has 17 heavy (non-hydrogen) atoms. The quantitative estimate of drug-likeness (QED) is 0.571. The molecule has 0 N–H and O–H groups in total. The van der Waals surface area contributed by atoms with Gasteiger partial charge >= 0.3 is 5.97 Å². The molecule has 4 nitrogen and oxygen atoms in total. The Morgan fingerprint density at radius 3 is 2.71 bits per heavy atom. The summed E-state index contributed by atoms with van der Waals surface area (Å²) >= 11 is 0. The van der Waals surface area contributed by atoms with E-state index in [4.69, 9.17) is 20.6 Å². The zero-order valence-corrected chi connectivity index (χ0v) is 11.5. The fourth-order valence-corrected chi connectivity index (χ4v) is 1.74. The Labute approximate surface area is 109 Å². The number of carbonyl (C=O) groups excluding carboxylic acids is 1. The molecule has 0 aliphatic carbocycles. The van der Waals surface area contributed by atoms with E-state index < -0.39 is 5.79 Å². The highest BCUT2D eigenvalue weighted by Gasteiger charge is 2.35. The monoisotopic (exact) mass is 260 g/mol. The number of hydrogen-bond donors (Lipinski definition) is 0. The number of hydrogen-bond acceptors (Lipinski definition) is 4. The van der Waals surface area contributed by atoms with E-state index in [-0.39, 0.29) is 38.1 Å². The van der Waals surface area contributed by atoms with Gasteiger partial charge in [-0.2, -0.15) is 13.5 Å². The van der Waals surface area contributed by atoms with Gasteiger partial charge in [0.2, 0.25) is 0 Å². The van der Waals surface area contributed by atoms with Crippen LogP contribution in [0.4, 0.5) is 0 Å². The Morgan fingerprint density at radius 1 is 1.53 bits per heavy atom. The van der Waals surface area contributed by atoms with Crippen LogP contribution in [-0.2, 0) is 19.0 Å². The first-order valence-electron chi connectivity index (χ1n) is 5.44. The van der Waals surface area contributed by atoms with Gasteiger partial charge in [0.05, 0.1) is 19.1 Å². The maximum Gasteiger partial charge on any atom is 0.308 e. The van der Waals surface area contributed by atoms with E-state index in [1.165, 1.54) is 0 Å². The first-order chi connectivity index (χ1) is 7.46. The number of rotatable bonds is 3. The second-order valence-electron chi connectivity index (χ2n) is 4.16. The van der Waals surface area contributed by atoms with E-state index >= 15 is 0 Å². The predicted octanol–water partition coefficient (Wildman–Crippen LogP) is 1.60. The molecule has 1 aliphatic heterocycles. The molecule has 1 rings (SSSR count). The van der Waals surface area contributed by atoms with E-state index in [1.807, 2.05) is 0 Å². The normalized spacial score (nSPS) is 26.5. The Balaban J connectivity index is 0.00000256. The number of esters is 1. The molecule has 0 unspecified atom stereocenters. The molecule has 1 saturated heterocycles. The molecule has 5 heteroatoms. The van der Waals surface area contributed by atoms with Gasteiger partial charge in [-0.3, -0.25) is 4.79 Å². The van der Waals surface area contributed by atoms with Gasteiger partial charge in [-0.05, 0) is 20.8 Å². The van der Waals surface area contributed by atoms with Crippen molar-refractivity contribution in [2.75, 3.05) is 6.61 Å². The van der Waals surface area contributed by atoms with E-state index in [0.717, 1.165) is 0 Å². The summed E-state index contributed by atoms with van der Waals surface area (Å²) in [5, 5.41) is 0. The molecule has 0 saturated carbocycles. The lowest BCUT2D eigenvalue weighted by atomic mass is 10.1. The summed E-state index contributed by atoms with van der Waals surface area (Å²) in [5.41, 5.74) is 0. The molecular weight excluding hydrogens is 240 g/mol. The SMILES string of the molecule is C#C[C@@H]1C[C@H](CC(=O)OCC)OC(C)(C)O1.S. The molecule has 0 aromatic rings. The molecule has 1 aliphatic rings. The molecule has 1 heterocycles. The largest absolute Gasteiger partial charge is 0.466 e. The first kappa shape index (κ1) is 16.3. The third-order valence-electron chi connectivity index (χ3n) is 2.24. The standard InChI is InChI=1S/C12H18O4.H2S/c1-5-9-7-10(8-11(13)14-6-2)16-12(3,4)15-9;/h1,9-10H,6-8H2,2-4H3;1H2/t9-,10-;/m1./s1. The Bertz CT molecular complexity index is 295. The molecule has 0 spiro atoms. The second-order valence-corrected chi connectivity index (χ2v) is 4.16. The molecule has 1 fully saturated rings. The van der Waals surface area contributed by atoms with Crippen LogP contribution in [0.5, 0.6) is 0 Å². The Morgan fingerprint density at radius 2 is 2.18 bits per heavy atom. The van der Waals surface area contributed by atoms with Gasteiger partial charge < -0.3 is 14.2 Å². The lowest BCUT2D eigenvalue weighted by Crippen LogP contribution is -2.44. The molecule has 2 atom stereocenters. The van der Waals surface area contributed by atoms with E-state index in [1.54, 1.807) is 20.8 Å². The minimum Gasteiger partial charge on any atom is -0.466 e. The highest BCUT2D eigenvalue weighted by Crippen LogP contribution is 2.28. The van der Waals surface area contributed by atoms with Crippen LogP contribution in [-0.4, -0.2) is 30.6 Å². The minimum absolute atomic E-state index is 0. The van der Waals surface area contributed by atoms with Gasteiger partial charge in [-0.25, -0.2) is 0 Å². The molecule has 98 valence electrons. The summed E-state index contributed by atoms with van der Waals surface area (Å²) in [5.74, 6) is 1.53. The van der Waals surface area contributed by atoms with Crippen molar-refractivity contribution in [2.24, 2.45) is 0 Å². The summed E-state index contributed by atoms with van der Waals surface area (Å²) in [6.45, 7) is 5.73. The lowest BCUT2D eigenvalue weighted by Gasteiger charge is -2.38. The minimum atomic E-state index is -0.744. The highest BCUT2D eigenvalue weighted by molar-refractivity contribution is 7.59. The van der Waals surface area contributed by atoms with Crippen LogP contribution in [0.1, 0.15) is 33.6 Å². The van der Waals surface area contributed by atoms with Crippen molar-refractivity contribution >= 4 is 19.5 Å². The van der Waals surface area contributed by atoms with Crippen molar-refractivity contribution in [1.29, 1.82) is 0 Å². The van der Waals surface area contributed by atoms with Gasteiger partial charge in [0.1, 0.15) is 6.10 Å². The summed E-state index contributed by atoms with van der Waals surface area (Å²) < 4.78 is 16.0. The smallest absolute Gasteiger partial charge is 0.308 e. The first-order valence-corrected chi connectivity index (χ1v) is 5.44. The second kappa shape index (κ2) is 6.90.